The first kappa shape index (κ1) is 26.8. The fraction of sp³-hybridized carbons (Fsp3) is 0. The zero-order valence-corrected chi connectivity index (χ0v) is 26.3. The summed E-state index contributed by atoms with van der Waals surface area (Å²) in [6, 6.07) is 49.5. The summed E-state index contributed by atoms with van der Waals surface area (Å²) in [6.07, 6.45) is 0. The van der Waals surface area contributed by atoms with Gasteiger partial charge in [-0.3, -0.25) is 0 Å². The van der Waals surface area contributed by atoms with E-state index in [-0.39, 0.29) is 0 Å². The van der Waals surface area contributed by atoms with Gasteiger partial charge in [0.2, 0.25) is 0 Å². The smallest absolute Gasteiger partial charge is 0.160 e. The number of nitrogens with zero attached hydrogens (tertiary/aromatic N) is 4. The molecule has 0 aliphatic rings. The molecule has 230 valence electrons. The molecule has 11 rings (SSSR count). The molecule has 7 aromatic carbocycles. The van der Waals surface area contributed by atoms with Crippen molar-refractivity contribution in [1.29, 1.82) is 10.5 Å². The van der Waals surface area contributed by atoms with Crippen LogP contribution in [-0.4, -0.2) is 9.13 Å². The van der Waals surface area contributed by atoms with Crippen LogP contribution in [0, 0.1) is 22.7 Å². The number of aromatic nitrogens is 2. The number of benzene rings is 7. The van der Waals surface area contributed by atoms with E-state index < -0.39 is 0 Å². The fourth-order valence-corrected chi connectivity index (χ4v) is 8.11. The molecule has 0 saturated heterocycles. The second-order valence-electron chi connectivity index (χ2n) is 12.7. The minimum atomic E-state index is 0.426. The van der Waals surface area contributed by atoms with Crippen molar-refractivity contribution in [1.82, 2.24) is 9.13 Å². The predicted octanol–water partition coefficient (Wildman–Crippen LogP) is 11.4. The van der Waals surface area contributed by atoms with E-state index >= 15 is 0 Å². The summed E-state index contributed by atoms with van der Waals surface area (Å²) in [6.45, 7) is 0. The van der Waals surface area contributed by atoms with Gasteiger partial charge in [-0.25, -0.2) is 0 Å². The van der Waals surface area contributed by atoms with Gasteiger partial charge >= 0.3 is 0 Å². The van der Waals surface area contributed by atoms with Gasteiger partial charge < -0.3 is 18.0 Å². The Hall–Kier alpha value is -7.28. The van der Waals surface area contributed by atoms with E-state index in [2.05, 4.69) is 81.9 Å². The van der Waals surface area contributed by atoms with Crippen molar-refractivity contribution < 1.29 is 8.83 Å². The molecule has 0 saturated carbocycles. The van der Waals surface area contributed by atoms with Crippen LogP contribution in [0.15, 0.2) is 142 Å². The van der Waals surface area contributed by atoms with Crippen LogP contribution in [0.1, 0.15) is 11.1 Å². The number of furan rings is 2. The van der Waals surface area contributed by atoms with E-state index in [1.807, 2.05) is 72.8 Å². The molecule has 4 aromatic heterocycles. The molecule has 0 radical (unpaired) electrons. The lowest BCUT2D eigenvalue weighted by atomic mass is 10.1. The second-order valence-corrected chi connectivity index (χ2v) is 12.7. The van der Waals surface area contributed by atoms with Gasteiger partial charge in [0.05, 0.1) is 45.1 Å². The predicted molar refractivity (Wildman–Crippen MR) is 199 cm³/mol. The molecule has 50 heavy (non-hydrogen) atoms. The first-order chi connectivity index (χ1) is 24.7. The van der Waals surface area contributed by atoms with Gasteiger partial charge in [-0.05, 0) is 48.5 Å². The van der Waals surface area contributed by atoms with Gasteiger partial charge in [0.15, 0.2) is 11.2 Å². The highest BCUT2D eigenvalue weighted by Gasteiger charge is 2.25. The zero-order valence-electron chi connectivity index (χ0n) is 26.3. The van der Waals surface area contributed by atoms with Crippen molar-refractivity contribution in [3.63, 3.8) is 0 Å². The van der Waals surface area contributed by atoms with E-state index in [9.17, 15) is 10.5 Å². The van der Waals surface area contributed by atoms with Crippen LogP contribution >= 0.6 is 0 Å². The Labute approximate surface area is 283 Å². The van der Waals surface area contributed by atoms with Crippen LogP contribution in [0.2, 0.25) is 0 Å². The van der Waals surface area contributed by atoms with Gasteiger partial charge in [-0.1, -0.05) is 84.9 Å². The topological polar surface area (TPSA) is 83.7 Å². The number of hydrogen-bond acceptors (Lipinski definition) is 4. The number of fused-ring (bicyclic) bond motifs is 14. The summed E-state index contributed by atoms with van der Waals surface area (Å²) in [4.78, 5) is 0. The summed E-state index contributed by atoms with van der Waals surface area (Å²) < 4.78 is 17.4. The van der Waals surface area contributed by atoms with E-state index in [0.29, 0.717) is 22.5 Å². The summed E-state index contributed by atoms with van der Waals surface area (Å²) in [5.41, 5.74) is 8.62. The number of rotatable bonds is 2. The average Bonchev–Trinajstić information content (AvgIpc) is 3.92. The summed E-state index contributed by atoms with van der Waals surface area (Å²) in [7, 11) is 0. The molecule has 0 unspecified atom stereocenters. The van der Waals surface area contributed by atoms with Crippen molar-refractivity contribution in [2.75, 3.05) is 0 Å². The van der Waals surface area contributed by atoms with Crippen LogP contribution in [-0.2, 0) is 0 Å². The number of hydrogen-bond donors (Lipinski definition) is 0. The molecular weight excluding hydrogens is 617 g/mol. The van der Waals surface area contributed by atoms with Gasteiger partial charge in [0.25, 0.3) is 0 Å². The van der Waals surface area contributed by atoms with Crippen LogP contribution in [0.5, 0.6) is 0 Å². The van der Waals surface area contributed by atoms with Crippen molar-refractivity contribution in [3.8, 4) is 23.5 Å². The summed E-state index contributed by atoms with van der Waals surface area (Å²) in [5.74, 6) is 0. The Kier molecular flexibility index (Phi) is 5.16. The highest BCUT2D eigenvalue weighted by molar-refractivity contribution is 6.23. The van der Waals surface area contributed by atoms with Crippen LogP contribution in [0.3, 0.4) is 0 Å². The number of nitriles is 2. The van der Waals surface area contributed by atoms with Gasteiger partial charge in [0.1, 0.15) is 22.8 Å². The normalized spacial score (nSPS) is 12.0. The number of para-hydroxylation sites is 4. The molecule has 0 amide bonds. The summed E-state index contributed by atoms with van der Waals surface area (Å²) >= 11 is 0. The standard InChI is InChI=1S/C44H22N4O2/c45-23-25-21-37(47-35-13-5-1-9-26(35)30-17-19-32-28-11-3-7-15-39(28)49-43(32)41(30)47)34(24-46)38(22-25)48-36-14-6-2-10-27(36)31-18-20-33-29-12-4-8-16-40(29)50-44(33)42(31)48/h1-22H. The molecule has 0 spiro atoms. The quantitative estimate of drug-likeness (QED) is 0.189. The van der Waals surface area contributed by atoms with E-state index in [0.717, 1.165) is 87.5 Å². The molecule has 6 nitrogen and oxygen atoms in total. The molecular formula is C44H22N4O2. The maximum atomic E-state index is 11.2. The molecule has 0 aliphatic heterocycles. The molecule has 6 heteroatoms. The Morgan fingerprint density at radius 3 is 1.30 bits per heavy atom. The van der Waals surface area contributed by atoms with Gasteiger partial charge in [0, 0.05) is 43.1 Å². The minimum absolute atomic E-state index is 0.426. The molecule has 0 bridgehead atoms. The molecule has 0 fully saturated rings. The highest BCUT2D eigenvalue weighted by atomic mass is 16.3. The fourth-order valence-electron chi connectivity index (χ4n) is 8.11. The lowest BCUT2D eigenvalue weighted by Crippen LogP contribution is -2.05. The minimum Gasteiger partial charge on any atom is -0.454 e. The van der Waals surface area contributed by atoms with E-state index in [4.69, 9.17) is 8.83 Å². The Bertz CT molecular complexity index is 3150. The van der Waals surface area contributed by atoms with Crippen molar-refractivity contribution in [2.45, 2.75) is 0 Å². The van der Waals surface area contributed by atoms with E-state index in [1.165, 1.54) is 0 Å². The first-order valence-corrected chi connectivity index (χ1v) is 16.4. The third-order valence-corrected chi connectivity index (χ3v) is 10.2. The SMILES string of the molecule is N#Cc1cc(-n2c3ccccc3c3ccc4c5ccccc5oc4c32)c(C#N)c(-n2c3ccccc3c3ccc4c5ccccc5oc4c32)c1. The second kappa shape index (κ2) is 9.64. The first-order valence-electron chi connectivity index (χ1n) is 16.4. The maximum Gasteiger partial charge on any atom is 0.160 e. The maximum absolute atomic E-state index is 11.2. The van der Waals surface area contributed by atoms with Crippen LogP contribution < -0.4 is 0 Å². The van der Waals surface area contributed by atoms with Crippen molar-refractivity contribution >= 4 is 87.5 Å². The largest absolute Gasteiger partial charge is 0.454 e. The highest BCUT2D eigenvalue weighted by Crippen LogP contribution is 2.44. The van der Waals surface area contributed by atoms with Crippen LogP contribution in [0.4, 0.5) is 0 Å². The van der Waals surface area contributed by atoms with Crippen LogP contribution in [0.25, 0.3) is 98.9 Å². The Morgan fingerprint density at radius 2 is 0.840 bits per heavy atom. The molecule has 0 N–H and O–H groups in total. The monoisotopic (exact) mass is 638 g/mol. The van der Waals surface area contributed by atoms with Gasteiger partial charge in [-0.15, -0.1) is 0 Å². The lowest BCUT2D eigenvalue weighted by molar-refractivity contribution is 0.671. The lowest BCUT2D eigenvalue weighted by Gasteiger charge is -2.16. The molecule has 0 atom stereocenters. The van der Waals surface area contributed by atoms with Crippen molar-refractivity contribution in [3.05, 3.63) is 145 Å². The summed E-state index contributed by atoms with van der Waals surface area (Å²) in [5, 5.41) is 29.8. The van der Waals surface area contributed by atoms with Gasteiger partial charge in [-0.2, -0.15) is 10.5 Å². The van der Waals surface area contributed by atoms with E-state index in [1.54, 1.807) is 0 Å². The zero-order chi connectivity index (χ0) is 33.1. The van der Waals surface area contributed by atoms with Crippen molar-refractivity contribution in [2.24, 2.45) is 0 Å². The average molecular weight is 639 g/mol. The molecule has 4 heterocycles. The third kappa shape index (κ3) is 3.34. The Balaban J connectivity index is 1.34. The molecule has 0 aliphatic carbocycles. The molecule has 11 aromatic rings. The third-order valence-electron chi connectivity index (χ3n) is 10.2. The Morgan fingerprint density at radius 1 is 0.420 bits per heavy atom.